The van der Waals surface area contributed by atoms with Crippen LogP contribution < -0.4 is 0 Å². The molecule has 1 N–H and O–H groups in total. The highest BCUT2D eigenvalue weighted by Gasteiger charge is 2.46. The average molecular weight is 197 g/mol. The van der Waals surface area contributed by atoms with Gasteiger partial charge in [-0.15, -0.1) is 0 Å². The van der Waals surface area contributed by atoms with Gasteiger partial charge in [0.1, 0.15) is 0 Å². The maximum Gasteiger partial charge on any atom is 0.0645 e. The van der Waals surface area contributed by atoms with Gasteiger partial charge >= 0.3 is 0 Å². The minimum atomic E-state index is -0.119. The summed E-state index contributed by atoms with van der Waals surface area (Å²) in [7, 11) is 0. The third kappa shape index (κ3) is 1.41. The van der Waals surface area contributed by atoms with E-state index in [0.717, 1.165) is 25.7 Å². The summed E-state index contributed by atoms with van der Waals surface area (Å²) >= 11 is 0. The Morgan fingerprint density at radius 2 is 1.14 bits per heavy atom. The standard InChI is InChI=1S/C12H23NO/c1-5-11(6-2)9-10-12(7-3,8-4)13(11)14/h9-10,14H,5-8H2,1-4H3. The maximum absolute atomic E-state index is 10.3. The third-order valence-electron chi connectivity index (χ3n) is 4.00. The lowest BCUT2D eigenvalue weighted by Gasteiger charge is -2.41. The number of nitrogens with zero attached hydrogens (tertiary/aromatic N) is 1. The van der Waals surface area contributed by atoms with Crippen molar-refractivity contribution in [2.24, 2.45) is 0 Å². The van der Waals surface area contributed by atoms with E-state index in [9.17, 15) is 5.21 Å². The zero-order chi connectivity index (χ0) is 10.8. The first kappa shape index (κ1) is 11.7. The van der Waals surface area contributed by atoms with E-state index in [2.05, 4.69) is 39.8 Å². The molecule has 0 aliphatic carbocycles. The van der Waals surface area contributed by atoms with Gasteiger partial charge in [-0.05, 0) is 25.7 Å². The molecule has 0 unspecified atom stereocenters. The molecule has 14 heavy (non-hydrogen) atoms. The van der Waals surface area contributed by atoms with Gasteiger partial charge in [0.2, 0.25) is 0 Å². The fourth-order valence-electron chi connectivity index (χ4n) is 2.47. The van der Waals surface area contributed by atoms with Crippen molar-refractivity contribution in [1.29, 1.82) is 0 Å². The molecule has 0 atom stereocenters. The van der Waals surface area contributed by atoms with Gasteiger partial charge in [-0.25, -0.2) is 0 Å². The zero-order valence-electron chi connectivity index (χ0n) is 9.88. The predicted octanol–water partition coefficient (Wildman–Crippen LogP) is 3.37. The Morgan fingerprint density at radius 1 is 0.857 bits per heavy atom. The van der Waals surface area contributed by atoms with Gasteiger partial charge in [-0.2, -0.15) is 5.06 Å². The molecule has 2 nitrogen and oxygen atoms in total. The van der Waals surface area contributed by atoms with Crippen LogP contribution in [0.2, 0.25) is 0 Å². The SMILES string of the molecule is CCC1(CC)C=CC(CC)(CC)N1O. The van der Waals surface area contributed by atoms with Crippen molar-refractivity contribution >= 4 is 0 Å². The predicted molar refractivity (Wildman–Crippen MR) is 59.4 cm³/mol. The normalized spacial score (nSPS) is 24.4. The maximum atomic E-state index is 10.3. The molecule has 0 amide bonds. The van der Waals surface area contributed by atoms with Crippen LogP contribution in [-0.4, -0.2) is 21.3 Å². The van der Waals surface area contributed by atoms with Gasteiger partial charge in [0.15, 0.2) is 0 Å². The Balaban J connectivity index is 2.97. The minimum absolute atomic E-state index is 0.119. The summed E-state index contributed by atoms with van der Waals surface area (Å²) in [6.07, 6.45) is 8.27. The third-order valence-corrected chi connectivity index (χ3v) is 4.00. The summed E-state index contributed by atoms with van der Waals surface area (Å²) in [4.78, 5) is 0. The van der Waals surface area contributed by atoms with E-state index < -0.39 is 0 Å². The van der Waals surface area contributed by atoms with E-state index in [1.165, 1.54) is 0 Å². The molecule has 1 aliphatic rings. The topological polar surface area (TPSA) is 23.5 Å². The van der Waals surface area contributed by atoms with Crippen LogP contribution in [0.3, 0.4) is 0 Å². The van der Waals surface area contributed by atoms with Crippen molar-refractivity contribution in [3.05, 3.63) is 12.2 Å². The van der Waals surface area contributed by atoms with Crippen LogP contribution in [0, 0.1) is 0 Å². The fraction of sp³-hybridized carbons (Fsp3) is 0.833. The molecule has 0 fully saturated rings. The smallest absolute Gasteiger partial charge is 0.0645 e. The number of hydroxylamine groups is 2. The van der Waals surface area contributed by atoms with Gasteiger partial charge in [-0.1, -0.05) is 39.8 Å². The highest BCUT2D eigenvalue weighted by Crippen LogP contribution is 2.41. The summed E-state index contributed by atoms with van der Waals surface area (Å²) in [6.45, 7) is 8.55. The molecular formula is C12H23NO. The van der Waals surface area contributed by atoms with Crippen LogP contribution in [0.4, 0.5) is 0 Å². The van der Waals surface area contributed by atoms with Crippen molar-refractivity contribution in [3.8, 4) is 0 Å². The minimum Gasteiger partial charge on any atom is -0.312 e. The summed E-state index contributed by atoms with van der Waals surface area (Å²) in [5, 5.41) is 11.9. The van der Waals surface area contributed by atoms with Crippen LogP contribution in [0.15, 0.2) is 12.2 Å². The van der Waals surface area contributed by atoms with E-state index >= 15 is 0 Å². The second-order valence-electron chi connectivity index (χ2n) is 4.27. The van der Waals surface area contributed by atoms with Crippen molar-refractivity contribution in [2.75, 3.05) is 0 Å². The molecule has 0 bridgehead atoms. The van der Waals surface area contributed by atoms with Crippen molar-refractivity contribution < 1.29 is 5.21 Å². The first-order valence-electron chi connectivity index (χ1n) is 5.80. The second-order valence-corrected chi connectivity index (χ2v) is 4.27. The molecule has 0 aromatic rings. The van der Waals surface area contributed by atoms with E-state index in [4.69, 9.17) is 0 Å². The summed E-state index contributed by atoms with van der Waals surface area (Å²) in [5.74, 6) is 0. The first-order chi connectivity index (χ1) is 6.60. The Morgan fingerprint density at radius 3 is 1.29 bits per heavy atom. The lowest BCUT2D eigenvalue weighted by molar-refractivity contribution is -0.206. The highest BCUT2D eigenvalue weighted by atomic mass is 16.5. The van der Waals surface area contributed by atoms with E-state index in [1.807, 2.05) is 0 Å². The fourth-order valence-corrected chi connectivity index (χ4v) is 2.47. The molecule has 0 radical (unpaired) electrons. The molecule has 1 rings (SSSR count). The molecular weight excluding hydrogens is 174 g/mol. The molecule has 0 aromatic carbocycles. The van der Waals surface area contributed by atoms with Crippen LogP contribution in [-0.2, 0) is 0 Å². The molecule has 1 heterocycles. The molecule has 1 aliphatic heterocycles. The summed E-state index contributed by atoms with van der Waals surface area (Å²) in [6, 6.07) is 0. The van der Waals surface area contributed by atoms with E-state index in [0.29, 0.717) is 0 Å². The van der Waals surface area contributed by atoms with Crippen LogP contribution in [0.25, 0.3) is 0 Å². The quantitative estimate of drug-likeness (QED) is 0.698. The number of rotatable bonds is 4. The molecule has 0 aromatic heterocycles. The van der Waals surface area contributed by atoms with E-state index in [1.54, 1.807) is 5.06 Å². The Kier molecular flexibility index (Phi) is 3.38. The molecule has 2 heteroatoms. The second kappa shape index (κ2) is 4.03. The molecule has 0 spiro atoms. The Hall–Kier alpha value is -0.340. The zero-order valence-corrected chi connectivity index (χ0v) is 9.88. The lowest BCUT2D eigenvalue weighted by atomic mass is 9.91. The van der Waals surface area contributed by atoms with E-state index in [-0.39, 0.29) is 11.1 Å². The average Bonchev–Trinajstić information content (AvgIpc) is 2.53. The summed E-state index contributed by atoms with van der Waals surface area (Å²) < 4.78 is 0. The first-order valence-corrected chi connectivity index (χ1v) is 5.80. The van der Waals surface area contributed by atoms with Gasteiger partial charge in [0.05, 0.1) is 11.1 Å². The Labute approximate surface area is 87.6 Å². The summed E-state index contributed by atoms with van der Waals surface area (Å²) in [5.41, 5.74) is -0.238. The van der Waals surface area contributed by atoms with Gasteiger partial charge in [0.25, 0.3) is 0 Å². The van der Waals surface area contributed by atoms with Gasteiger partial charge < -0.3 is 5.21 Å². The molecule has 0 saturated heterocycles. The van der Waals surface area contributed by atoms with Gasteiger partial charge in [0, 0.05) is 0 Å². The molecule has 82 valence electrons. The van der Waals surface area contributed by atoms with Crippen molar-refractivity contribution in [1.82, 2.24) is 5.06 Å². The van der Waals surface area contributed by atoms with Crippen LogP contribution in [0.5, 0.6) is 0 Å². The highest BCUT2D eigenvalue weighted by molar-refractivity contribution is 5.23. The largest absolute Gasteiger partial charge is 0.312 e. The van der Waals surface area contributed by atoms with Crippen LogP contribution >= 0.6 is 0 Å². The Bertz CT molecular complexity index is 192. The lowest BCUT2D eigenvalue weighted by Crippen LogP contribution is -2.52. The monoisotopic (exact) mass is 197 g/mol. The van der Waals surface area contributed by atoms with Crippen molar-refractivity contribution in [3.63, 3.8) is 0 Å². The number of hydrogen-bond donors (Lipinski definition) is 1. The molecule has 0 saturated carbocycles. The van der Waals surface area contributed by atoms with Crippen molar-refractivity contribution in [2.45, 2.75) is 64.5 Å². The number of hydrogen-bond acceptors (Lipinski definition) is 2. The van der Waals surface area contributed by atoms with Crippen LogP contribution in [0.1, 0.15) is 53.4 Å². The van der Waals surface area contributed by atoms with Gasteiger partial charge in [-0.3, -0.25) is 0 Å².